The molecule has 1 amide bonds. The van der Waals surface area contributed by atoms with E-state index in [1.165, 1.54) is 19.3 Å². The molecule has 1 atom stereocenters. The van der Waals surface area contributed by atoms with Crippen molar-refractivity contribution in [1.29, 1.82) is 0 Å². The molecular weight excluding hydrogens is 350 g/mol. The van der Waals surface area contributed by atoms with E-state index in [9.17, 15) is 9.59 Å². The number of amides is 1. The van der Waals surface area contributed by atoms with Crippen LogP contribution >= 0.6 is 0 Å². The molecule has 0 saturated heterocycles. The molecule has 1 aromatic heterocycles. The summed E-state index contributed by atoms with van der Waals surface area (Å²) in [6.07, 6.45) is 7.05. The number of unbranched alkanes of at least 4 members (excludes halogenated alkanes) is 4. The number of carbonyl (C=O) groups excluding carboxylic acids is 1. The van der Waals surface area contributed by atoms with Gasteiger partial charge in [0.25, 0.3) is 5.56 Å². The van der Waals surface area contributed by atoms with Gasteiger partial charge in [0.1, 0.15) is 5.82 Å². The third-order valence-electron chi connectivity index (χ3n) is 5.33. The number of benzene rings is 1. The first kappa shape index (κ1) is 22.1. The van der Waals surface area contributed by atoms with Crippen LogP contribution in [0.2, 0.25) is 0 Å². The SMILES string of the molecule is CCCCCCCC(=O)N(CC)C(C)c1nc2ccccc2c(=O)n1CCC. The molecule has 1 aromatic carbocycles. The van der Waals surface area contributed by atoms with E-state index < -0.39 is 0 Å². The van der Waals surface area contributed by atoms with Gasteiger partial charge in [-0.2, -0.15) is 0 Å². The van der Waals surface area contributed by atoms with Crippen LogP contribution in [0, 0.1) is 0 Å². The van der Waals surface area contributed by atoms with Crippen molar-refractivity contribution in [3.63, 3.8) is 0 Å². The van der Waals surface area contributed by atoms with Crippen LogP contribution in [0.5, 0.6) is 0 Å². The summed E-state index contributed by atoms with van der Waals surface area (Å²) in [6, 6.07) is 7.23. The Morgan fingerprint density at radius 3 is 2.46 bits per heavy atom. The fraction of sp³-hybridized carbons (Fsp3) is 0.609. The van der Waals surface area contributed by atoms with E-state index in [1.54, 1.807) is 4.57 Å². The summed E-state index contributed by atoms with van der Waals surface area (Å²) in [5.41, 5.74) is 0.683. The highest BCUT2D eigenvalue weighted by Crippen LogP contribution is 2.21. The average Bonchev–Trinajstić information content (AvgIpc) is 2.70. The predicted octanol–water partition coefficient (Wildman–Crippen LogP) is 5.08. The number of carbonyl (C=O) groups is 1. The second kappa shape index (κ2) is 11.0. The van der Waals surface area contributed by atoms with Crippen LogP contribution in [-0.4, -0.2) is 26.9 Å². The summed E-state index contributed by atoms with van der Waals surface area (Å²) in [5, 5.41) is 0.636. The second-order valence-corrected chi connectivity index (χ2v) is 7.46. The maximum Gasteiger partial charge on any atom is 0.261 e. The lowest BCUT2D eigenvalue weighted by atomic mass is 10.1. The number of para-hydroxylation sites is 1. The van der Waals surface area contributed by atoms with Gasteiger partial charge in [-0.3, -0.25) is 14.2 Å². The Hall–Kier alpha value is -2.17. The van der Waals surface area contributed by atoms with Crippen LogP contribution in [0.15, 0.2) is 29.1 Å². The van der Waals surface area contributed by atoms with Gasteiger partial charge in [0, 0.05) is 19.5 Å². The fourth-order valence-electron chi connectivity index (χ4n) is 3.77. The monoisotopic (exact) mass is 385 g/mol. The van der Waals surface area contributed by atoms with Crippen LogP contribution < -0.4 is 5.56 Å². The third kappa shape index (κ3) is 5.21. The molecule has 5 nitrogen and oxygen atoms in total. The van der Waals surface area contributed by atoms with Crippen molar-refractivity contribution in [3.05, 3.63) is 40.4 Å². The van der Waals surface area contributed by atoms with Crippen LogP contribution in [0.1, 0.15) is 84.5 Å². The van der Waals surface area contributed by atoms with Crippen molar-refractivity contribution in [2.75, 3.05) is 6.54 Å². The van der Waals surface area contributed by atoms with Gasteiger partial charge in [-0.1, -0.05) is 51.7 Å². The number of nitrogens with zero attached hydrogens (tertiary/aromatic N) is 3. The van der Waals surface area contributed by atoms with Crippen LogP contribution in [-0.2, 0) is 11.3 Å². The molecule has 0 fully saturated rings. The van der Waals surface area contributed by atoms with Gasteiger partial charge in [0.15, 0.2) is 0 Å². The Morgan fingerprint density at radius 2 is 1.79 bits per heavy atom. The van der Waals surface area contributed by atoms with Crippen molar-refractivity contribution in [3.8, 4) is 0 Å². The first-order chi connectivity index (χ1) is 13.5. The first-order valence-corrected chi connectivity index (χ1v) is 10.8. The Labute approximate surface area is 168 Å². The van der Waals surface area contributed by atoms with Gasteiger partial charge in [0.2, 0.25) is 5.91 Å². The summed E-state index contributed by atoms with van der Waals surface area (Å²) >= 11 is 0. The second-order valence-electron chi connectivity index (χ2n) is 7.46. The zero-order valence-corrected chi connectivity index (χ0v) is 17.9. The molecule has 0 saturated carbocycles. The molecule has 154 valence electrons. The van der Waals surface area contributed by atoms with E-state index in [0.29, 0.717) is 36.2 Å². The van der Waals surface area contributed by atoms with E-state index in [-0.39, 0.29) is 17.5 Å². The van der Waals surface area contributed by atoms with E-state index >= 15 is 0 Å². The van der Waals surface area contributed by atoms with Crippen molar-refractivity contribution >= 4 is 16.8 Å². The van der Waals surface area contributed by atoms with Crippen LogP contribution in [0.3, 0.4) is 0 Å². The molecule has 5 heteroatoms. The Balaban J connectivity index is 2.28. The third-order valence-corrected chi connectivity index (χ3v) is 5.33. The highest BCUT2D eigenvalue weighted by Gasteiger charge is 2.24. The van der Waals surface area contributed by atoms with Gasteiger partial charge < -0.3 is 4.90 Å². The van der Waals surface area contributed by atoms with Crippen molar-refractivity contribution in [1.82, 2.24) is 14.5 Å². The molecule has 0 aliphatic heterocycles. The molecule has 28 heavy (non-hydrogen) atoms. The average molecular weight is 386 g/mol. The number of hydrogen-bond donors (Lipinski definition) is 0. The number of rotatable bonds is 11. The molecule has 0 aliphatic carbocycles. The van der Waals surface area contributed by atoms with Gasteiger partial charge in [-0.15, -0.1) is 0 Å². The van der Waals surface area contributed by atoms with Crippen LogP contribution in [0.4, 0.5) is 0 Å². The standard InChI is InChI=1S/C23H35N3O2/c1-5-8-9-10-11-16-21(27)25(7-3)18(4)22-24-20-15-13-12-14-19(20)23(28)26(22)17-6-2/h12-15,18H,5-11,16-17H2,1-4H3. The van der Waals surface area contributed by atoms with Crippen molar-refractivity contribution in [2.24, 2.45) is 0 Å². The summed E-state index contributed by atoms with van der Waals surface area (Å²) in [7, 11) is 0. The van der Waals surface area contributed by atoms with E-state index in [0.717, 1.165) is 19.3 Å². The lowest BCUT2D eigenvalue weighted by Gasteiger charge is -2.29. The van der Waals surface area contributed by atoms with Gasteiger partial charge in [0.05, 0.1) is 16.9 Å². The highest BCUT2D eigenvalue weighted by molar-refractivity contribution is 5.78. The Kier molecular flexibility index (Phi) is 8.68. The summed E-state index contributed by atoms with van der Waals surface area (Å²) in [4.78, 5) is 32.5. The first-order valence-electron chi connectivity index (χ1n) is 10.8. The molecule has 0 bridgehead atoms. The molecule has 0 spiro atoms. The topological polar surface area (TPSA) is 55.2 Å². The molecule has 2 aromatic rings. The Bertz CT molecular complexity index is 828. The maximum atomic E-state index is 13.0. The van der Waals surface area contributed by atoms with E-state index in [1.807, 2.05) is 43.0 Å². The maximum absolute atomic E-state index is 13.0. The fourth-order valence-corrected chi connectivity index (χ4v) is 3.77. The van der Waals surface area contributed by atoms with Gasteiger partial charge >= 0.3 is 0 Å². The van der Waals surface area contributed by atoms with Crippen LogP contribution in [0.25, 0.3) is 10.9 Å². The summed E-state index contributed by atoms with van der Waals surface area (Å²) < 4.78 is 1.75. The normalized spacial score (nSPS) is 12.3. The highest BCUT2D eigenvalue weighted by atomic mass is 16.2. The number of hydrogen-bond acceptors (Lipinski definition) is 3. The number of aromatic nitrogens is 2. The molecule has 0 N–H and O–H groups in total. The summed E-state index contributed by atoms with van der Waals surface area (Å²) in [5.74, 6) is 0.837. The lowest BCUT2D eigenvalue weighted by molar-refractivity contribution is -0.133. The number of fused-ring (bicyclic) bond motifs is 1. The minimum absolute atomic E-state index is 0.0163. The smallest absolute Gasteiger partial charge is 0.261 e. The molecule has 0 radical (unpaired) electrons. The van der Waals surface area contributed by atoms with Crippen molar-refractivity contribution < 1.29 is 4.79 Å². The quantitative estimate of drug-likeness (QED) is 0.507. The minimum atomic E-state index is -0.225. The predicted molar refractivity (Wildman–Crippen MR) is 115 cm³/mol. The zero-order valence-electron chi connectivity index (χ0n) is 17.9. The van der Waals surface area contributed by atoms with E-state index in [4.69, 9.17) is 4.98 Å². The van der Waals surface area contributed by atoms with Gasteiger partial charge in [-0.05, 0) is 38.8 Å². The van der Waals surface area contributed by atoms with E-state index in [2.05, 4.69) is 13.8 Å². The molecule has 0 aliphatic rings. The molecule has 2 rings (SSSR count). The van der Waals surface area contributed by atoms with Gasteiger partial charge in [-0.25, -0.2) is 4.98 Å². The zero-order chi connectivity index (χ0) is 20.5. The Morgan fingerprint density at radius 1 is 1.07 bits per heavy atom. The lowest BCUT2D eigenvalue weighted by Crippen LogP contribution is -2.37. The minimum Gasteiger partial charge on any atom is -0.333 e. The molecular formula is C23H35N3O2. The largest absolute Gasteiger partial charge is 0.333 e. The summed E-state index contributed by atoms with van der Waals surface area (Å²) in [6.45, 7) is 9.45. The molecule has 1 unspecified atom stereocenters. The molecule has 1 heterocycles. The van der Waals surface area contributed by atoms with Crippen molar-refractivity contribution in [2.45, 2.75) is 85.2 Å².